The van der Waals surface area contributed by atoms with Gasteiger partial charge in [-0.15, -0.1) is 0 Å². The molecule has 1 saturated heterocycles. The number of benzene rings is 2. The summed E-state index contributed by atoms with van der Waals surface area (Å²) in [6.45, 7) is 8.16. The van der Waals surface area contributed by atoms with Crippen molar-refractivity contribution in [2.24, 2.45) is 5.92 Å². The SMILES string of the molecule is CCOc1cccc(NC(=O)c2ccc(CN3CCC[C@@H](C)C3)cc2)c1. The van der Waals surface area contributed by atoms with Gasteiger partial charge in [-0.3, -0.25) is 9.69 Å². The first-order chi connectivity index (χ1) is 12.6. The molecule has 1 heterocycles. The highest BCUT2D eigenvalue weighted by molar-refractivity contribution is 6.04. The van der Waals surface area contributed by atoms with Crippen LogP contribution in [0.5, 0.6) is 5.75 Å². The number of nitrogens with one attached hydrogen (secondary N) is 1. The summed E-state index contributed by atoms with van der Waals surface area (Å²) in [6.07, 6.45) is 2.61. The van der Waals surface area contributed by atoms with Crippen LogP contribution in [0.4, 0.5) is 5.69 Å². The Labute approximate surface area is 156 Å². The number of rotatable bonds is 6. The standard InChI is InChI=1S/C22H28N2O2/c1-3-26-21-8-4-7-20(14-21)23-22(25)19-11-9-18(10-12-19)16-24-13-5-6-17(2)15-24/h4,7-12,14,17H,3,5-6,13,15-16H2,1-2H3,(H,23,25)/t17-/m1/s1. The molecule has 4 heteroatoms. The van der Waals surface area contributed by atoms with Crippen LogP contribution in [0.25, 0.3) is 0 Å². The second-order valence-corrected chi connectivity index (χ2v) is 7.09. The van der Waals surface area contributed by atoms with E-state index in [0.717, 1.165) is 23.9 Å². The van der Waals surface area contributed by atoms with Crippen LogP contribution in [0, 0.1) is 5.92 Å². The quantitative estimate of drug-likeness (QED) is 0.828. The molecule has 1 amide bonds. The minimum absolute atomic E-state index is 0.100. The van der Waals surface area contributed by atoms with Crippen molar-refractivity contribution in [1.29, 1.82) is 0 Å². The van der Waals surface area contributed by atoms with Crippen molar-refractivity contribution >= 4 is 11.6 Å². The molecule has 1 atom stereocenters. The van der Waals surface area contributed by atoms with E-state index < -0.39 is 0 Å². The van der Waals surface area contributed by atoms with Crippen molar-refractivity contribution in [3.05, 3.63) is 59.7 Å². The van der Waals surface area contributed by atoms with Gasteiger partial charge in [0.05, 0.1) is 6.61 Å². The molecule has 26 heavy (non-hydrogen) atoms. The van der Waals surface area contributed by atoms with Crippen molar-refractivity contribution in [3.63, 3.8) is 0 Å². The summed E-state index contributed by atoms with van der Waals surface area (Å²) in [6, 6.07) is 15.4. The summed E-state index contributed by atoms with van der Waals surface area (Å²) in [4.78, 5) is 15.0. The highest BCUT2D eigenvalue weighted by atomic mass is 16.5. The van der Waals surface area contributed by atoms with Gasteiger partial charge in [0.15, 0.2) is 0 Å². The maximum absolute atomic E-state index is 12.5. The number of anilines is 1. The van der Waals surface area contributed by atoms with Crippen LogP contribution in [0.3, 0.4) is 0 Å². The molecule has 4 nitrogen and oxygen atoms in total. The van der Waals surface area contributed by atoms with Gasteiger partial charge in [0, 0.05) is 30.4 Å². The number of ether oxygens (including phenoxy) is 1. The van der Waals surface area contributed by atoms with E-state index >= 15 is 0 Å². The topological polar surface area (TPSA) is 41.6 Å². The third kappa shape index (κ3) is 5.09. The molecular formula is C22H28N2O2. The van der Waals surface area contributed by atoms with Gasteiger partial charge < -0.3 is 10.1 Å². The van der Waals surface area contributed by atoms with Crippen LogP contribution in [0.2, 0.25) is 0 Å². The van der Waals surface area contributed by atoms with Gasteiger partial charge in [0.2, 0.25) is 0 Å². The molecule has 0 unspecified atom stereocenters. The Hall–Kier alpha value is -2.33. The van der Waals surface area contributed by atoms with E-state index in [1.807, 2.05) is 43.3 Å². The Morgan fingerprint density at radius 3 is 2.77 bits per heavy atom. The van der Waals surface area contributed by atoms with Gasteiger partial charge in [-0.25, -0.2) is 0 Å². The average Bonchev–Trinajstić information content (AvgIpc) is 2.63. The lowest BCUT2D eigenvalue weighted by Crippen LogP contribution is -2.33. The molecule has 138 valence electrons. The first-order valence-corrected chi connectivity index (χ1v) is 9.49. The zero-order chi connectivity index (χ0) is 18.4. The number of hydrogen-bond donors (Lipinski definition) is 1. The lowest BCUT2D eigenvalue weighted by Gasteiger charge is -2.30. The van der Waals surface area contributed by atoms with E-state index in [4.69, 9.17) is 4.74 Å². The van der Waals surface area contributed by atoms with E-state index in [2.05, 4.69) is 29.3 Å². The number of carbonyl (C=O) groups is 1. The molecule has 2 aromatic rings. The summed E-state index contributed by atoms with van der Waals surface area (Å²) >= 11 is 0. The second kappa shape index (κ2) is 8.86. The first-order valence-electron chi connectivity index (χ1n) is 9.49. The second-order valence-electron chi connectivity index (χ2n) is 7.09. The van der Waals surface area contributed by atoms with Crippen molar-refractivity contribution in [3.8, 4) is 5.75 Å². The maximum atomic E-state index is 12.5. The minimum Gasteiger partial charge on any atom is -0.494 e. The van der Waals surface area contributed by atoms with E-state index in [9.17, 15) is 4.79 Å². The van der Waals surface area contributed by atoms with Gasteiger partial charge in [-0.1, -0.05) is 25.1 Å². The lowest BCUT2D eigenvalue weighted by molar-refractivity contribution is 0.102. The molecule has 0 radical (unpaired) electrons. The summed E-state index contributed by atoms with van der Waals surface area (Å²) in [5, 5.41) is 2.93. The predicted molar refractivity (Wildman–Crippen MR) is 106 cm³/mol. The zero-order valence-electron chi connectivity index (χ0n) is 15.7. The van der Waals surface area contributed by atoms with Crippen molar-refractivity contribution in [1.82, 2.24) is 4.90 Å². The Morgan fingerprint density at radius 2 is 2.04 bits per heavy atom. The summed E-state index contributed by atoms with van der Waals surface area (Å²) in [5.41, 5.74) is 2.67. The smallest absolute Gasteiger partial charge is 0.255 e. The average molecular weight is 352 g/mol. The molecule has 0 aliphatic carbocycles. The summed E-state index contributed by atoms with van der Waals surface area (Å²) < 4.78 is 5.47. The third-order valence-corrected chi connectivity index (χ3v) is 4.77. The molecule has 1 fully saturated rings. The number of piperidine rings is 1. The van der Waals surface area contributed by atoms with E-state index in [-0.39, 0.29) is 5.91 Å². The van der Waals surface area contributed by atoms with E-state index in [1.165, 1.54) is 31.5 Å². The van der Waals surface area contributed by atoms with Crippen LogP contribution >= 0.6 is 0 Å². The molecule has 0 bridgehead atoms. The maximum Gasteiger partial charge on any atom is 0.255 e. The Kier molecular flexibility index (Phi) is 6.29. The third-order valence-electron chi connectivity index (χ3n) is 4.77. The van der Waals surface area contributed by atoms with E-state index in [0.29, 0.717) is 12.2 Å². The van der Waals surface area contributed by atoms with Crippen LogP contribution in [-0.4, -0.2) is 30.5 Å². The van der Waals surface area contributed by atoms with Gasteiger partial charge in [-0.2, -0.15) is 0 Å². The molecule has 1 aliphatic rings. The number of nitrogens with zero attached hydrogens (tertiary/aromatic N) is 1. The number of likely N-dealkylation sites (tertiary alicyclic amines) is 1. The minimum atomic E-state index is -0.100. The highest BCUT2D eigenvalue weighted by Crippen LogP contribution is 2.20. The molecule has 0 saturated carbocycles. The number of amides is 1. The first kappa shape index (κ1) is 18.5. The highest BCUT2D eigenvalue weighted by Gasteiger charge is 2.16. The Bertz CT molecular complexity index is 727. The fourth-order valence-corrected chi connectivity index (χ4v) is 3.48. The van der Waals surface area contributed by atoms with Gasteiger partial charge >= 0.3 is 0 Å². The van der Waals surface area contributed by atoms with Crippen LogP contribution < -0.4 is 10.1 Å². The normalized spacial score (nSPS) is 17.7. The van der Waals surface area contributed by atoms with Crippen LogP contribution in [-0.2, 0) is 6.54 Å². The van der Waals surface area contributed by atoms with Crippen molar-refractivity contribution < 1.29 is 9.53 Å². The van der Waals surface area contributed by atoms with Crippen LogP contribution in [0.1, 0.15) is 42.6 Å². The Morgan fingerprint density at radius 1 is 1.23 bits per heavy atom. The van der Waals surface area contributed by atoms with E-state index in [1.54, 1.807) is 0 Å². The van der Waals surface area contributed by atoms with Crippen LogP contribution in [0.15, 0.2) is 48.5 Å². The number of hydrogen-bond acceptors (Lipinski definition) is 3. The lowest BCUT2D eigenvalue weighted by atomic mass is 9.99. The monoisotopic (exact) mass is 352 g/mol. The number of carbonyl (C=O) groups excluding carboxylic acids is 1. The fourth-order valence-electron chi connectivity index (χ4n) is 3.48. The largest absolute Gasteiger partial charge is 0.494 e. The summed E-state index contributed by atoms with van der Waals surface area (Å²) in [7, 11) is 0. The molecule has 0 spiro atoms. The molecule has 2 aromatic carbocycles. The van der Waals surface area contributed by atoms with Gasteiger partial charge in [-0.05, 0) is 62.1 Å². The Balaban J connectivity index is 1.59. The molecule has 1 N–H and O–H groups in total. The molecule has 3 rings (SSSR count). The molecule has 1 aliphatic heterocycles. The van der Waals surface area contributed by atoms with Gasteiger partial charge in [0.25, 0.3) is 5.91 Å². The molecular weight excluding hydrogens is 324 g/mol. The molecule has 0 aromatic heterocycles. The van der Waals surface area contributed by atoms with Gasteiger partial charge in [0.1, 0.15) is 5.75 Å². The van der Waals surface area contributed by atoms with Crippen molar-refractivity contribution in [2.45, 2.75) is 33.2 Å². The summed E-state index contributed by atoms with van der Waals surface area (Å²) in [5.74, 6) is 1.44. The van der Waals surface area contributed by atoms with Crippen molar-refractivity contribution in [2.75, 3.05) is 25.0 Å². The fraction of sp³-hybridized carbons (Fsp3) is 0.409. The zero-order valence-corrected chi connectivity index (χ0v) is 15.7. The predicted octanol–water partition coefficient (Wildman–Crippen LogP) is 4.57.